The van der Waals surface area contributed by atoms with E-state index in [1.54, 1.807) is 0 Å². The lowest BCUT2D eigenvalue weighted by Crippen LogP contribution is -2.55. The van der Waals surface area contributed by atoms with Crippen molar-refractivity contribution in [3.63, 3.8) is 0 Å². The van der Waals surface area contributed by atoms with Gasteiger partial charge in [0.25, 0.3) is 0 Å². The van der Waals surface area contributed by atoms with E-state index < -0.39 is 0 Å². The first-order chi connectivity index (χ1) is 10.6. The van der Waals surface area contributed by atoms with Crippen LogP contribution in [0.1, 0.15) is 49.4 Å². The summed E-state index contributed by atoms with van der Waals surface area (Å²) in [5.41, 5.74) is 4.13. The zero-order valence-electron chi connectivity index (χ0n) is 13.5. The van der Waals surface area contributed by atoms with E-state index in [-0.39, 0.29) is 24.1 Å². The quantitative estimate of drug-likeness (QED) is 0.899. The van der Waals surface area contributed by atoms with Gasteiger partial charge in [0.1, 0.15) is 6.04 Å². The number of morpholine rings is 1. The standard InChI is InChI=1S/C18H26N2O2/c1-12(20-18(21)17-13(2)22-10-9-19-17)15-8-7-14-5-3-4-6-16(14)11-15/h7-8,11-13,17,19H,3-6,9-10H2,1-2H3,(H,20,21)/t12?,13-,17+/m1/s1. The number of amides is 1. The van der Waals surface area contributed by atoms with Crippen LogP contribution >= 0.6 is 0 Å². The molecule has 1 aliphatic carbocycles. The molecule has 3 rings (SSSR count). The largest absolute Gasteiger partial charge is 0.375 e. The van der Waals surface area contributed by atoms with E-state index in [1.807, 2.05) is 6.92 Å². The second kappa shape index (κ2) is 6.80. The minimum atomic E-state index is -0.256. The van der Waals surface area contributed by atoms with Gasteiger partial charge in [0, 0.05) is 6.54 Å². The highest BCUT2D eigenvalue weighted by Gasteiger charge is 2.29. The molecule has 1 saturated heterocycles. The number of rotatable bonds is 3. The smallest absolute Gasteiger partial charge is 0.240 e. The maximum Gasteiger partial charge on any atom is 0.240 e. The van der Waals surface area contributed by atoms with Gasteiger partial charge in [0.2, 0.25) is 5.91 Å². The molecule has 1 unspecified atom stereocenters. The van der Waals surface area contributed by atoms with Gasteiger partial charge in [-0.15, -0.1) is 0 Å². The summed E-state index contributed by atoms with van der Waals surface area (Å²) in [6.07, 6.45) is 4.85. The monoisotopic (exact) mass is 302 g/mol. The first kappa shape index (κ1) is 15.5. The van der Waals surface area contributed by atoms with Crippen LogP contribution in [-0.4, -0.2) is 31.2 Å². The molecule has 1 aromatic rings. The second-order valence-electron chi connectivity index (χ2n) is 6.47. The van der Waals surface area contributed by atoms with E-state index in [0.717, 1.165) is 6.54 Å². The maximum atomic E-state index is 12.4. The highest BCUT2D eigenvalue weighted by Crippen LogP contribution is 2.24. The molecule has 0 aromatic heterocycles. The first-order valence-electron chi connectivity index (χ1n) is 8.42. The van der Waals surface area contributed by atoms with Gasteiger partial charge in [0.15, 0.2) is 0 Å². The fraction of sp³-hybridized carbons (Fsp3) is 0.611. The fourth-order valence-electron chi connectivity index (χ4n) is 3.44. The summed E-state index contributed by atoms with van der Waals surface area (Å²) in [6.45, 7) is 5.40. The Balaban J connectivity index is 1.66. The molecule has 1 fully saturated rings. The molecule has 0 bridgehead atoms. The first-order valence-corrected chi connectivity index (χ1v) is 8.42. The predicted octanol–water partition coefficient (Wildman–Crippen LogP) is 2.12. The summed E-state index contributed by atoms with van der Waals surface area (Å²) in [7, 11) is 0. The van der Waals surface area contributed by atoms with E-state index in [1.165, 1.54) is 42.4 Å². The number of hydrogen-bond donors (Lipinski definition) is 2. The van der Waals surface area contributed by atoms with Gasteiger partial charge >= 0.3 is 0 Å². The molecule has 22 heavy (non-hydrogen) atoms. The third kappa shape index (κ3) is 3.33. The Morgan fingerprint density at radius 2 is 2.09 bits per heavy atom. The zero-order chi connectivity index (χ0) is 15.5. The van der Waals surface area contributed by atoms with Crippen LogP contribution < -0.4 is 10.6 Å². The Morgan fingerprint density at radius 1 is 1.32 bits per heavy atom. The lowest BCUT2D eigenvalue weighted by molar-refractivity contribution is -0.129. The van der Waals surface area contributed by atoms with Crippen molar-refractivity contribution in [3.8, 4) is 0 Å². The van der Waals surface area contributed by atoms with Crippen molar-refractivity contribution in [3.05, 3.63) is 34.9 Å². The van der Waals surface area contributed by atoms with Crippen LogP contribution in [0.25, 0.3) is 0 Å². The summed E-state index contributed by atoms with van der Waals surface area (Å²) >= 11 is 0. The molecular weight excluding hydrogens is 276 g/mol. The normalized spacial score (nSPS) is 26.1. The molecule has 4 heteroatoms. The van der Waals surface area contributed by atoms with Gasteiger partial charge in [-0.2, -0.15) is 0 Å². The average molecular weight is 302 g/mol. The Kier molecular flexibility index (Phi) is 4.79. The van der Waals surface area contributed by atoms with Crippen molar-refractivity contribution in [2.24, 2.45) is 0 Å². The number of hydrogen-bond acceptors (Lipinski definition) is 3. The number of aryl methyl sites for hydroxylation is 2. The van der Waals surface area contributed by atoms with Crippen LogP contribution in [0.15, 0.2) is 18.2 Å². The Hall–Kier alpha value is -1.39. The van der Waals surface area contributed by atoms with Crippen LogP contribution in [0.4, 0.5) is 0 Å². The molecule has 1 heterocycles. The highest BCUT2D eigenvalue weighted by atomic mass is 16.5. The molecule has 1 amide bonds. The van der Waals surface area contributed by atoms with E-state index in [2.05, 4.69) is 35.8 Å². The van der Waals surface area contributed by atoms with Gasteiger partial charge in [-0.1, -0.05) is 18.2 Å². The van der Waals surface area contributed by atoms with Gasteiger partial charge in [-0.05, 0) is 56.2 Å². The second-order valence-corrected chi connectivity index (χ2v) is 6.47. The molecule has 0 saturated carbocycles. The molecular formula is C18H26N2O2. The van der Waals surface area contributed by atoms with Crippen LogP contribution in [0.2, 0.25) is 0 Å². The molecule has 0 spiro atoms. The maximum absolute atomic E-state index is 12.4. The number of fused-ring (bicyclic) bond motifs is 1. The van der Waals surface area contributed by atoms with Crippen molar-refractivity contribution in [1.82, 2.24) is 10.6 Å². The van der Waals surface area contributed by atoms with Gasteiger partial charge in [-0.3, -0.25) is 4.79 Å². The Bertz CT molecular complexity index is 544. The Morgan fingerprint density at radius 3 is 2.86 bits per heavy atom. The van der Waals surface area contributed by atoms with E-state index >= 15 is 0 Å². The molecule has 2 aliphatic rings. The highest BCUT2D eigenvalue weighted by molar-refractivity contribution is 5.82. The van der Waals surface area contributed by atoms with Crippen LogP contribution in [-0.2, 0) is 22.4 Å². The molecule has 2 N–H and O–H groups in total. The minimum Gasteiger partial charge on any atom is -0.375 e. The lowest BCUT2D eigenvalue weighted by atomic mass is 9.89. The topological polar surface area (TPSA) is 50.4 Å². The number of nitrogens with one attached hydrogen (secondary N) is 2. The molecule has 1 aromatic carbocycles. The predicted molar refractivity (Wildman–Crippen MR) is 86.8 cm³/mol. The molecule has 4 nitrogen and oxygen atoms in total. The van der Waals surface area contributed by atoms with Gasteiger partial charge in [-0.25, -0.2) is 0 Å². The van der Waals surface area contributed by atoms with Crippen molar-refractivity contribution in [2.75, 3.05) is 13.2 Å². The molecule has 0 radical (unpaired) electrons. The molecule has 120 valence electrons. The number of ether oxygens (including phenoxy) is 1. The minimum absolute atomic E-state index is 0.0238. The summed E-state index contributed by atoms with van der Waals surface area (Å²) in [5, 5.41) is 6.36. The van der Waals surface area contributed by atoms with Crippen LogP contribution in [0.3, 0.4) is 0 Å². The number of carbonyl (C=O) groups is 1. The lowest BCUT2D eigenvalue weighted by Gasteiger charge is -2.30. The Labute approximate surface area is 132 Å². The fourth-order valence-corrected chi connectivity index (χ4v) is 3.44. The molecule has 1 aliphatic heterocycles. The van der Waals surface area contributed by atoms with Crippen molar-refractivity contribution < 1.29 is 9.53 Å². The summed E-state index contributed by atoms with van der Waals surface area (Å²) in [5.74, 6) is 0.0254. The number of carbonyl (C=O) groups excluding carboxylic acids is 1. The molecule has 3 atom stereocenters. The third-order valence-electron chi connectivity index (χ3n) is 4.83. The van der Waals surface area contributed by atoms with Crippen molar-refractivity contribution >= 4 is 5.91 Å². The van der Waals surface area contributed by atoms with Crippen molar-refractivity contribution in [2.45, 2.75) is 57.7 Å². The summed E-state index contributed by atoms with van der Waals surface area (Å²) in [6, 6.07) is 6.43. The zero-order valence-corrected chi connectivity index (χ0v) is 13.5. The summed E-state index contributed by atoms with van der Waals surface area (Å²) in [4.78, 5) is 12.4. The van der Waals surface area contributed by atoms with Crippen LogP contribution in [0, 0.1) is 0 Å². The average Bonchev–Trinajstić information content (AvgIpc) is 2.54. The summed E-state index contributed by atoms with van der Waals surface area (Å²) < 4.78 is 5.55. The van der Waals surface area contributed by atoms with Crippen LogP contribution in [0.5, 0.6) is 0 Å². The van der Waals surface area contributed by atoms with E-state index in [0.29, 0.717) is 6.61 Å². The third-order valence-corrected chi connectivity index (χ3v) is 4.83. The van der Waals surface area contributed by atoms with Gasteiger partial charge < -0.3 is 15.4 Å². The number of benzene rings is 1. The van der Waals surface area contributed by atoms with E-state index in [4.69, 9.17) is 4.74 Å². The van der Waals surface area contributed by atoms with Crippen molar-refractivity contribution in [1.29, 1.82) is 0 Å². The van der Waals surface area contributed by atoms with E-state index in [9.17, 15) is 4.79 Å². The SMILES string of the molecule is CC(NC(=O)[C@H]1NCCO[C@@H]1C)c1ccc2c(c1)CCCC2. The van der Waals surface area contributed by atoms with Gasteiger partial charge in [0.05, 0.1) is 18.8 Å².